The van der Waals surface area contributed by atoms with Gasteiger partial charge in [0.05, 0.1) is 5.69 Å². The molecule has 0 radical (unpaired) electrons. The van der Waals surface area contributed by atoms with Crippen LogP contribution < -0.4 is 10.6 Å². The number of aromatic nitrogens is 2. The molecule has 0 aromatic carbocycles. The molecule has 0 unspecified atom stereocenters. The lowest BCUT2D eigenvalue weighted by atomic mass is 10.1. The van der Waals surface area contributed by atoms with Gasteiger partial charge in [-0.1, -0.05) is 11.6 Å². The highest BCUT2D eigenvalue weighted by atomic mass is 35.5. The van der Waals surface area contributed by atoms with Crippen LogP contribution in [-0.4, -0.2) is 42.4 Å². The number of anilines is 1. The van der Waals surface area contributed by atoms with Gasteiger partial charge in [0.2, 0.25) is 0 Å². The molecule has 6 nitrogen and oxygen atoms in total. The van der Waals surface area contributed by atoms with E-state index in [2.05, 4.69) is 10.2 Å². The SMILES string of the molecule is CN(c1cc(Cl)nnc1C(N)=O)C1CCOCC1. The normalized spacial score (nSPS) is 16.6. The summed E-state index contributed by atoms with van der Waals surface area (Å²) in [6.07, 6.45) is 1.79. The maximum Gasteiger partial charge on any atom is 0.271 e. The van der Waals surface area contributed by atoms with Crippen molar-refractivity contribution in [1.82, 2.24) is 10.2 Å². The zero-order valence-electron chi connectivity index (χ0n) is 10.1. The third-order valence-corrected chi connectivity index (χ3v) is 3.28. The van der Waals surface area contributed by atoms with E-state index in [-0.39, 0.29) is 16.9 Å². The quantitative estimate of drug-likeness (QED) is 0.880. The molecule has 0 atom stereocenters. The summed E-state index contributed by atoms with van der Waals surface area (Å²) in [6.45, 7) is 1.43. The molecule has 98 valence electrons. The molecule has 1 aliphatic heterocycles. The van der Waals surface area contributed by atoms with Crippen molar-refractivity contribution in [2.75, 3.05) is 25.2 Å². The topological polar surface area (TPSA) is 81.3 Å². The van der Waals surface area contributed by atoms with Crippen LogP contribution in [0.5, 0.6) is 0 Å². The number of amides is 1. The molecule has 1 aromatic heterocycles. The average molecular weight is 271 g/mol. The minimum absolute atomic E-state index is 0.147. The molecule has 7 heteroatoms. The van der Waals surface area contributed by atoms with Crippen LogP contribution in [0.15, 0.2) is 6.07 Å². The molecule has 0 bridgehead atoms. The van der Waals surface area contributed by atoms with Crippen molar-refractivity contribution in [3.63, 3.8) is 0 Å². The van der Waals surface area contributed by atoms with Crippen molar-refractivity contribution >= 4 is 23.2 Å². The van der Waals surface area contributed by atoms with Gasteiger partial charge in [-0.2, -0.15) is 0 Å². The van der Waals surface area contributed by atoms with Crippen molar-refractivity contribution in [2.24, 2.45) is 5.73 Å². The van der Waals surface area contributed by atoms with E-state index in [1.54, 1.807) is 6.07 Å². The van der Waals surface area contributed by atoms with Gasteiger partial charge in [0.25, 0.3) is 5.91 Å². The number of primary amides is 1. The number of ether oxygens (including phenoxy) is 1. The van der Waals surface area contributed by atoms with E-state index >= 15 is 0 Å². The molecule has 0 spiro atoms. The fraction of sp³-hybridized carbons (Fsp3) is 0.545. The Morgan fingerprint density at radius 3 is 2.78 bits per heavy atom. The smallest absolute Gasteiger partial charge is 0.271 e. The van der Waals surface area contributed by atoms with E-state index in [1.807, 2.05) is 11.9 Å². The summed E-state index contributed by atoms with van der Waals surface area (Å²) in [5.74, 6) is -0.604. The zero-order valence-corrected chi connectivity index (χ0v) is 10.9. The lowest BCUT2D eigenvalue weighted by Gasteiger charge is -2.33. The van der Waals surface area contributed by atoms with Gasteiger partial charge in [-0.15, -0.1) is 10.2 Å². The van der Waals surface area contributed by atoms with Crippen LogP contribution >= 0.6 is 11.6 Å². The second-order valence-electron chi connectivity index (χ2n) is 4.22. The summed E-state index contributed by atoms with van der Waals surface area (Å²) in [6, 6.07) is 1.90. The van der Waals surface area contributed by atoms with E-state index in [9.17, 15) is 4.79 Å². The van der Waals surface area contributed by atoms with E-state index in [0.717, 1.165) is 12.8 Å². The van der Waals surface area contributed by atoms with E-state index in [4.69, 9.17) is 22.1 Å². The third-order valence-electron chi connectivity index (χ3n) is 3.10. The number of rotatable bonds is 3. The summed E-state index contributed by atoms with van der Waals surface area (Å²) in [7, 11) is 1.90. The maximum absolute atomic E-state index is 11.3. The molecule has 0 saturated carbocycles. The van der Waals surface area contributed by atoms with E-state index in [0.29, 0.717) is 18.9 Å². The van der Waals surface area contributed by atoms with Crippen molar-refractivity contribution in [2.45, 2.75) is 18.9 Å². The largest absolute Gasteiger partial charge is 0.381 e. The molecule has 1 saturated heterocycles. The molecule has 2 N–H and O–H groups in total. The minimum atomic E-state index is -0.604. The highest BCUT2D eigenvalue weighted by Gasteiger charge is 2.23. The monoisotopic (exact) mass is 270 g/mol. The molecule has 1 amide bonds. The number of hydrogen-bond donors (Lipinski definition) is 1. The Labute approximate surface area is 110 Å². The molecule has 0 aliphatic carbocycles. The van der Waals surface area contributed by atoms with Gasteiger partial charge < -0.3 is 15.4 Å². The summed E-state index contributed by atoms with van der Waals surface area (Å²) < 4.78 is 5.31. The maximum atomic E-state index is 11.3. The van der Waals surface area contributed by atoms with Crippen LogP contribution in [0.1, 0.15) is 23.3 Å². The highest BCUT2D eigenvalue weighted by Crippen LogP contribution is 2.25. The zero-order chi connectivity index (χ0) is 13.1. The number of nitrogens with two attached hydrogens (primary N) is 1. The van der Waals surface area contributed by atoms with Crippen molar-refractivity contribution in [1.29, 1.82) is 0 Å². The highest BCUT2D eigenvalue weighted by molar-refractivity contribution is 6.29. The Kier molecular flexibility index (Phi) is 3.98. The first-order valence-electron chi connectivity index (χ1n) is 5.73. The first kappa shape index (κ1) is 13.0. The summed E-state index contributed by atoms with van der Waals surface area (Å²) in [5, 5.41) is 7.66. The Morgan fingerprint density at radius 2 is 2.17 bits per heavy atom. The molecule has 1 aromatic rings. The Bertz CT molecular complexity index is 449. The Hall–Kier alpha value is -1.40. The molecule has 1 aliphatic rings. The molecule has 18 heavy (non-hydrogen) atoms. The fourth-order valence-electron chi connectivity index (χ4n) is 2.07. The number of hydrogen-bond acceptors (Lipinski definition) is 5. The molecule has 2 heterocycles. The van der Waals surface area contributed by atoms with Crippen molar-refractivity contribution in [3.8, 4) is 0 Å². The lowest BCUT2D eigenvalue weighted by molar-refractivity contribution is 0.0854. The number of carbonyl (C=O) groups excluding carboxylic acids is 1. The van der Waals surface area contributed by atoms with Gasteiger partial charge in [-0.05, 0) is 12.8 Å². The first-order chi connectivity index (χ1) is 8.59. The number of nitrogens with zero attached hydrogens (tertiary/aromatic N) is 3. The summed E-state index contributed by atoms with van der Waals surface area (Å²) in [5.41, 5.74) is 6.06. The Morgan fingerprint density at radius 1 is 1.50 bits per heavy atom. The van der Waals surface area contributed by atoms with Gasteiger partial charge in [0.1, 0.15) is 0 Å². The predicted octanol–water partition coefficient (Wildman–Crippen LogP) is 0.844. The number of carbonyl (C=O) groups is 1. The molecular weight excluding hydrogens is 256 g/mol. The second-order valence-corrected chi connectivity index (χ2v) is 4.61. The van der Waals surface area contributed by atoms with Crippen LogP contribution in [0.3, 0.4) is 0 Å². The Balaban J connectivity index is 2.30. The van der Waals surface area contributed by atoms with Crippen molar-refractivity contribution < 1.29 is 9.53 Å². The van der Waals surface area contributed by atoms with Gasteiger partial charge in [-0.3, -0.25) is 4.79 Å². The first-order valence-corrected chi connectivity index (χ1v) is 6.11. The van der Waals surface area contributed by atoms with Gasteiger partial charge in [0.15, 0.2) is 10.8 Å². The number of halogens is 1. The van der Waals surface area contributed by atoms with Gasteiger partial charge in [-0.25, -0.2) is 0 Å². The molecule has 2 rings (SSSR count). The summed E-state index contributed by atoms with van der Waals surface area (Å²) >= 11 is 5.83. The fourth-order valence-corrected chi connectivity index (χ4v) is 2.21. The lowest BCUT2D eigenvalue weighted by Crippen LogP contribution is -2.38. The molecule has 1 fully saturated rings. The van der Waals surface area contributed by atoms with E-state index < -0.39 is 5.91 Å². The van der Waals surface area contributed by atoms with Crippen LogP contribution in [0, 0.1) is 0 Å². The predicted molar refractivity (Wildman–Crippen MR) is 67.8 cm³/mol. The van der Waals surface area contributed by atoms with Crippen molar-refractivity contribution in [3.05, 3.63) is 16.9 Å². The molecular formula is C11H15ClN4O2. The van der Waals surface area contributed by atoms with Crippen LogP contribution in [0.25, 0.3) is 0 Å². The van der Waals surface area contributed by atoms with Gasteiger partial charge in [0, 0.05) is 32.4 Å². The average Bonchev–Trinajstić information content (AvgIpc) is 2.38. The second kappa shape index (κ2) is 5.49. The minimum Gasteiger partial charge on any atom is -0.381 e. The third kappa shape index (κ3) is 2.70. The van der Waals surface area contributed by atoms with Crippen LogP contribution in [0.2, 0.25) is 5.15 Å². The summed E-state index contributed by atoms with van der Waals surface area (Å²) in [4.78, 5) is 13.3. The standard InChI is InChI=1S/C11H15ClN4O2/c1-16(7-2-4-18-5-3-7)8-6-9(12)14-15-10(8)11(13)17/h6-7H,2-5H2,1H3,(H2,13,17). The van der Waals surface area contributed by atoms with E-state index in [1.165, 1.54) is 0 Å². The van der Waals surface area contributed by atoms with Crippen LogP contribution in [-0.2, 0) is 4.74 Å². The van der Waals surface area contributed by atoms with Gasteiger partial charge >= 0.3 is 0 Å². The van der Waals surface area contributed by atoms with Crippen LogP contribution in [0.4, 0.5) is 5.69 Å².